The Labute approximate surface area is 172 Å². The average Bonchev–Trinajstić information content (AvgIpc) is 2.98. The fraction of sp³-hybridized carbons (Fsp3) is 0.571. The zero-order chi connectivity index (χ0) is 20.5. The first kappa shape index (κ1) is 21.0. The van der Waals surface area contributed by atoms with Gasteiger partial charge in [-0.2, -0.15) is 0 Å². The van der Waals surface area contributed by atoms with E-state index in [1.807, 2.05) is 18.2 Å². The van der Waals surface area contributed by atoms with E-state index in [0.717, 1.165) is 67.0 Å². The minimum atomic E-state index is 0.651. The van der Waals surface area contributed by atoms with Gasteiger partial charge in [0.05, 0.1) is 14.2 Å². The lowest BCUT2D eigenvalue weighted by atomic mass is 10.2. The molecule has 0 atom stereocenters. The van der Waals surface area contributed by atoms with Crippen LogP contribution >= 0.6 is 0 Å². The minimum absolute atomic E-state index is 0.651. The highest BCUT2D eigenvalue weighted by atomic mass is 16.5. The summed E-state index contributed by atoms with van der Waals surface area (Å²) in [5.41, 5.74) is 1.09. The second kappa shape index (κ2) is 10.7. The third kappa shape index (κ3) is 5.62. The van der Waals surface area contributed by atoms with Gasteiger partial charge in [-0.15, -0.1) is 10.2 Å². The Morgan fingerprint density at radius 2 is 1.97 bits per heavy atom. The predicted molar refractivity (Wildman–Crippen MR) is 114 cm³/mol. The normalized spacial score (nSPS) is 14.1. The number of nitrogens with zero attached hydrogens (tertiary/aromatic N) is 4. The van der Waals surface area contributed by atoms with Crippen LogP contribution in [0.2, 0.25) is 0 Å². The van der Waals surface area contributed by atoms with E-state index in [1.54, 1.807) is 21.3 Å². The van der Waals surface area contributed by atoms with Crippen LogP contribution in [-0.4, -0.2) is 48.5 Å². The molecule has 2 heterocycles. The van der Waals surface area contributed by atoms with E-state index in [4.69, 9.17) is 9.47 Å². The average molecular weight is 401 g/mol. The number of aliphatic imine (C=N–C) groups is 1. The minimum Gasteiger partial charge on any atom is -0.493 e. The number of benzene rings is 1. The summed E-state index contributed by atoms with van der Waals surface area (Å²) in [7, 11) is 5.06. The van der Waals surface area contributed by atoms with Crippen LogP contribution in [0.4, 0.5) is 0 Å². The van der Waals surface area contributed by atoms with E-state index in [1.165, 1.54) is 19.3 Å². The van der Waals surface area contributed by atoms with Gasteiger partial charge in [0.1, 0.15) is 11.6 Å². The molecule has 8 heteroatoms. The number of aryl methyl sites for hydroxylation is 2. The Morgan fingerprint density at radius 1 is 1.10 bits per heavy atom. The van der Waals surface area contributed by atoms with Crippen molar-refractivity contribution in [1.29, 1.82) is 0 Å². The Bertz CT molecular complexity index is 817. The molecule has 29 heavy (non-hydrogen) atoms. The SMILES string of the molecule is CN=C(NCCCc1nnc2n1CCCCC2)NCc1ccc(OC)c(OC)c1. The molecule has 1 aliphatic heterocycles. The van der Waals surface area contributed by atoms with Gasteiger partial charge in [0.15, 0.2) is 17.5 Å². The molecule has 1 aromatic carbocycles. The van der Waals surface area contributed by atoms with Crippen LogP contribution in [0.5, 0.6) is 11.5 Å². The number of ether oxygens (including phenoxy) is 2. The van der Waals surface area contributed by atoms with Crippen LogP contribution in [0.3, 0.4) is 0 Å². The summed E-state index contributed by atoms with van der Waals surface area (Å²) < 4.78 is 13.0. The van der Waals surface area contributed by atoms with Crippen molar-refractivity contribution in [2.75, 3.05) is 27.8 Å². The second-order valence-electron chi connectivity index (χ2n) is 7.14. The maximum atomic E-state index is 5.36. The van der Waals surface area contributed by atoms with Gasteiger partial charge in [0.25, 0.3) is 0 Å². The van der Waals surface area contributed by atoms with Gasteiger partial charge in [0.2, 0.25) is 0 Å². The van der Waals surface area contributed by atoms with Gasteiger partial charge in [-0.1, -0.05) is 12.5 Å². The Morgan fingerprint density at radius 3 is 2.76 bits per heavy atom. The largest absolute Gasteiger partial charge is 0.493 e. The Kier molecular flexibility index (Phi) is 7.72. The van der Waals surface area contributed by atoms with Crippen LogP contribution in [0, 0.1) is 0 Å². The van der Waals surface area contributed by atoms with Gasteiger partial charge >= 0.3 is 0 Å². The van der Waals surface area contributed by atoms with E-state index in [2.05, 4.69) is 30.4 Å². The molecular weight excluding hydrogens is 368 g/mol. The maximum absolute atomic E-state index is 5.36. The molecule has 0 saturated carbocycles. The van der Waals surface area contributed by atoms with Crippen LogP contribution in [0.25, 0.3) is 0 Å². The van der Waals surface area contributed by atoms with Crippen molar-refractivity contribution in [3.63, 3.8) is 0 Å². The molecule has 2 aromatic rings. The Hall–Kier alpha value is -2.77. The Balaban J connectivity index is 1.44. The highest BCUT2D eigenvalue weighted by Gasteiger charge is 2.14. The molecule has 0 aliphatic carbocycles. The standard InChI is InChI=1S/C21H32N6O2/c1-22-21(24-15-16-10-11-17(28-2)18(14-16)29-3)23-12-7-9-20-26-25-19-8-5-4-6-13-27(19)20/h10-11,14H,4-9,12-13,15H2,1-3H3,(H2,22,23,24). The molecule has 0 saturated heterocycles. The molecule has 1 aromatic heterocycles. The van der Waals surface area contributed by atoms with Crippen molar-refractivity contribution in [2.45, 2.75) is 51.6 Å². The molecule has 0 radical (unpaired) electrons. The number of guanidine groups is 1. The van der Waals surface area contributed by atoms with Crippen LogP contribution in [0.15, 0.2) is 23.2 Å². The summed E-state index contributed by atoms with van der Waals surface area (Å²) in [6.45, 7) is 2.53. The maximum Gasteiger partial charge on any atom is 0.191 e. The molecule has 0 unspecified atom stereocenters. The zero-order valence-corrected chi connectivity index (χ0v) is 17.7. The van der Waals surface area contributed by atoms with Gasteiger partial charge in [-0.25, -0.2) is 0 Å². The van der Waals surface area contributed by atoms with E-state index in [-0.39, 0.29) is 0 Å². The van der Waals surface area contributed by atoms with Crippen LogP contribution in [-0.2, 0) is 25.9 Å². The van der Waals surface area contributed by atoms with Crippen molar-refractivity contribution >= 4 is 5.96 Å². The molecule has 158 valence electrons. The summed E-state index contributed by atoms with van der Waals surface area (Å²) in [4.78, 5) is 4.30. The molecular formula is C21H32N6O2. The lowest BCUT2D eigenvalue weighted by molar-refractivity contribution is 0.354. The van der Waals surface area contributed by atoms with Gasteiger partial charge < -0.3 is 24.7 Å². The summed E-state index contributed by atoms with van der Waals surface area (Å²) in [5.74, 6) is 4.49. The van der Waals surface area contributed by atoms with Gasteiger partial charge in [-0.05, 0) is 37.0 Å². The third-order valence-corrected chi connectivity index (χ3v) is 5.19. The number of fused-ring (bicyclic) bond motifs is 1. The summed E-state index contributed by atoms with van der Waals surface area (Å²) in [5, 5.41) is 15.5. The molecule has 8 nitrogen and oxygen atoms in total. The number of rotatable bonds is 8. The zero-order valence-electron chi connectivity index (χ0n) is 17.7. The van der Waals surface area contributed by atoms with Crippen molar-refractivity contribution in [2.24, 2.45) is 4.99 Å². The van der Waals surface area contributed by atoms with Crippen molar-refractivity contribution in [1.82, 2.24) is 25.4 Å². The second-order valence-corrected chi connectivity index (χ2v) is 7.14. The van der Waals surface area contributed by atoms with Crippen LogP contribution in [0.1, 0.15) is 42.9 Å². The number of hydrogen-bond donors (Lipinski definition) is 2. The topological polar surface area (TPSA) is 85.6 Å². The highest BCUT2D eigenvalue weighted by Crippen LogP contribution is 2.27. The first-order valence-corrected chi connectivity index (χ1v) is 10.3. The fourth-order valence-electron chi connectivity index (χ4n) is 3.58. The molecule has 0 bridgehead atoms. The lowest BCUT2D eigenvalue weighted by Gasteiger charge is -2.13. The molecule has 0 fully saturated rings. The molecule has 1 aliphatic rings. The van der Waals surface area contributed by atoms with Gasteiger partial charge in [-0.3, -0.25) is 4.99 Å². The van der Waals surface area contributed by atoms with Crippen molar-refractivity contribution in [3.05, 3.63) is 35.4 Å². The first-order valence-electron chi connectivity index (χ1n) is 10.3. The number of hydrogen-bond acceptors (Lipinski definition) is 5. The smallest absolute Gasteiger partial charge is 0.191 e. The molecule has 3 rings (SSSR count). The highest BCUT2D eigenvalue weighted by molar-refractivity contribution is 5.79. The summed E-state index contributed by atoms with van der Waals surface area (Å²) in [6, 6.07) is 5.89. The van der Waals surface area contributed by atoms with E-state index in [0.29, 0.717) is 6.54 Å². The van der Waals surface area contributed by atoms with Crippen LogP contribution < -0.4 is 20.1 Å². The quantitative estimate of drug-likeness (QED) is 0.402. The van der Waals surface area contributed by atoms with Crippen molar-refractivity contribution < 1.29 is 9.47 Å². The van der Waals surface area contributed by atoms with E-state index in [9.17, 15) is 0 Å². The predicted octanol–water partition coefficient (Wildman–Crippen LogP) is 2.32. The molecule has 2 N–H and O–H groups in total. The monoisotopic (exact) mass is 400 g/mol. The summed E-state index contributed by atoms with van der Waals surface area (Å²) >= 11 is 0. The number of aromatic nitrogens is 3. The third-order valence-electron chi connectivity index (χ3n) is 5.19. The fourth-order valence-corrected chi connectivity index (χ4v) is 3.58. The van der Waals surface area contributed by atoms with Gasteiger partial charge in [0, 0.05) is 39.5 Å². The number of nitrogens with one attached hydrogen (secondary N) is 2. The first-order chi connectivity index (χ1) is 14.2. The summed E-state index contributed by atoms with van der Waals surface area (Å²) in [6.07, 6.45) is 6.69. The number of methoxy groups -OCH3 is 2. The van der Waals surface area contributed by atoms with E-state index >= 15 is 0 Å². The molecule has 0 amide bonds. The van der Waals surface area contributed by atoms with Crippen molar-refractivity contribution in [3.8, 4) is 11.5 Å². The molecule has 0 spiro atoms. The lowest BCUT2D eigenvalue weighted by Crippen LogP contribution is -2.37. The van der Waals surface area contributed by atoms with E-state index < -0.39 is 0 Å².